The molecular weight excluding hydrogens is 330 g/mol. The van der Waals surface area contributed by atoms with Crippen molar-refractivity contribution in [2.45, 2.75) is 6.54 Å². The molecule has 7 nitrogen and oxygen atoms in total. The average molecular weight is 338 g/mol. The second kappa shape index (κ2) is 5.41. The summed E-state index contributed by atoms with van der Waals surface area (Å²) in [7, 11) is 0. The monoisotopic (exact) mass is 337 g/mol. The van der Waals surface area contributed by atoms with Crippen LogP contribution in [0.3, 0.4) is 0 Å². The minimum absolute atomic E-state index is 0.481. The van der Waals surface area contributed by atoms with Crippen LogP contribution in [0.15, 0.2) is 35.1 Å². The van der Waals surface area contributed by atoms with Crippen LogP contribution in [0, 0.1) is 0 Å². The SMILES string of the molecule is Brc1cccc(-n2nnnc2CNc2ncns2)c1. The molecule has 0 atom stereocenters. The third kappa shape index (κ3) is 2.76. The van der Waals surface area contributed by atoms with Crippen LogP contribution in [-0.4, -0.2) is 29.6 Å². The van der Waals surface area contributed by atoms with Gasteiger partial charge < -0.3 is 5.32 Å². The highest BCUT2D eigenvalue weighted by molar-refractivity contribution is 9.10. The third-order valence-electron chi connectivity index (χ3n) is 2.35. The summed E-state index contributed by atoms with van der Waals surface area (Å²) in [5.41, 5.74) is 0.897. The fourth-order valence-corrected chi connectivity index (χ4v) is 2.34. The van der Waals surface area contributed by atoms with E-state index < -0.39 is 0 Å². The molecule has 2 aromatic heterocycles. The molecule has 1 aromatic carbocycles. The number of hydrogen-bond donors (Lipinski definition) is 1. The van der Waals surface area contributed by atoms with Crippen LogP contribution in [0.25, 0.3) is 5.69 Å². The molecule has 96 valence electrons. The van der Waals surface area contributed by atoms with Gasteiger partial charge in [0.1, 0.15) is 6.33 Å². The van der Waals surface area contributed by atoms with Crippen LogP contribution < -0.4 is 5.32 Å². The van der Waals surface area contributed by atoms with E-state index in [9.17, 15) is 0 Å². The Morgan fingerprint density at radius 2 is 2.32 bits per heavy atom. The normalized spacial score (nSPS) is 10.6. The van der Waals surface area contributed by atoms with Gasteiger partial charge in [0.2, 0.25) is 5.13 Å². The lowest BCUT2D eigenvalue weighted by Crippen LogP contribution is -2.08. The van der Waals surface area contributed by atoms with Crippen molar-refractivity contribution < 1.29 is 0 Å². The Labute approximate surface area is 121 Å². The van der Waals surface area contributed by atoms with Crippen molar-refractivity contribution in [2.75, 3.05) is 5.32 Å². The molecule has 0 fully saturated rings. The van der Waals surface area contributed by atoms with Crippen molar-refractivity contribution in [2.24, 2.45) is 0 Å². The molecule has 0 amide bonds. The predicted molar refractivity (Wildman–Crippen MR) is 74.1 cm³/mol. The van der Waals surface area contributed by atoms with Gasteiger partial charge in [0.05, 0.1) is 12.2 Å². The number of nitrogens with zero attached hydrogens (tertiary/aromatic N) is 6. The molecular formula is C10H8BrN7S. The largest absolute Gasteiger partial charge is 0.353 e. The first-order valence-corrected chi connectivity index (χ1v) is 6.93. The van der Waals surface area contributed by atoms with Crippen molar-refractivity contribution in [3.8, 4) is 5.69 Å². The fourth-order valence-electron chi connectivity index (χ4n) is 1.53. The Morgan fingerprint density at radius 3 is 3.11 bits per heavy atom. The Bertz CT molecular complexity index is 666. The van der Waals surface area contributed by atoms with Gasteiger partial charge in [0, 0.05) is 16.0 Å². The van der Waals surface area contributed by atoms with Crippen molar-refractivity contribution in [1.29, 1.82) is 0 Å². The zero-order valence-corrected chi connectivity index (χ0v) is 12.0. The summed E-state index contributed by atoms with van der Waals surface area (Å²) in [6, 6.07) is 7.77. The first-order valence-electron chi connectivity index (χ1n) is 5.36. The number of aromatic nitrogens is 6. The van der Waals surface area contributed by atoms with Gasteiger partial charge in [-0.1, -0.05) is 22.0 Å². The van der Waals surface area contributed by atoms with Gasteiger partial charge in [-0.2, -0.15) is 9.06 Å². The van der Waals surface area contributed by atoms with E-state index in [1.54, 1.807) is 4.68 Å². The lowest BCUT2D eigenvalue weighted by Gasteiger charge is -2.05. The molecule has 0 aliphatic carbocycles. The number of halogens is 1. The highest BCUT2D eigenvalue weighted by Gasteiger charge is 2.08. The van der Waals surface area contributed by atoms with E-state index in [1.807, 2.05) is 24.3 Å². The Morgan fingerprint density at radius 1 is 1.37 bits per heavy atom. The number of nitrogens with one attached hydrogen (secondary N) is 1. The highest BCUT2D eigenvalue weighted by Crippen LogP contribution is 2.16. The molecule has 0 aliphatic heterocycles. The van der Waals surface area contributed by atoms with E-state index in [0.717, 1.165) is 15.3 Å². The van der Waals surface area contributed by atoms with Crippen LogP contribution >= 0.6 is 27.5 Å². The molecule has 1 N–H and O–H groups in total. The van der Waals surface area contributed by atoms with Gasteiger partial charge in [0.15, 0.2) is 5.82 Å². The van der Waals surface area contributed by atoms with Crippen molar-refractivity contribution in [3.05, 3.63) is 40.9 Å². The van der Waals surface area contributed by atoms with Crippen molar-refractivity contribution >= 4 is 32.6 Å². The zero-order chi connectivity index (χ0) is 13.1. The van der Waals surface area contributed by atoms with Gasteiger partial charge in [-0.25, -0.2) is 4.98 Å². The van der Waals surface area contributed by atoms with Gasteiger partial charge in [-0.15, -0.1) is 5.10 Å². The summed E-state index contributed by atoms with van der Waals surface area (Å²) in [6.07, 6.45) is 1.50. The van der Waals surface area contributed by atoms with Gasteiger partial charge >= 0.3 is 0 Å². The molecule has 3 rings (SSSR count). The number of hydrogen-bond acceptors (Lipinski definition) is 7. The standard InChI is InChI=1S/C10H8BrN7S/c11-7-2-1-3-8(4-7)18-9(15-16-17-18)5-12-10-13-6-14-19-10/h1-4,6H,5H2,(H,12,13,14). The summed E-state index contributed by atoms with van der Waals surface area (Å²) >= 11 is 4.72. The summed E-state index contributed by atoms with van der Waals surface area (Å²) in [6.45, 7) is 0.481. The molecule has 0 aliphatic rings. The zero-order valence-electron chi connectivity index (χ0n) is 9.56. The second-order valence-corrected chi connectivity index (χ2v) is 5.28. The molecule has 2 heterocycles. The summed E-state index contributed by atoms with van der Waals surface area (Å²) < 4.78 is 6.57. The number of rotatable bonds is 4. The van der Waals surface area contributed by atoms with Crippen LogP contribution in [0.2, 0.25) is 0 Å². The summed E-state index contributed by atoms with van der Waals surface area (Å²) in [5, 5.41) is 15.6. The van der Waals surface area contributed by atoms with E-state index in [4.69, 9.17) is 0 Å². The minimum atomic E-state index is 0.481. The fraction of sp³-hybridized carbons (Fsp3) is 0.100. The summed E-state index contributed by atoms with van der Waals surface area (Å²) in [5.74, 6) is 0.702. The Balaban J connectivity index is 1.82. The van der Waals surface area contributed by atoms with E-state index in [1.165, 1.54) is 17.9 Å². The van der Waals surface area contributed by atoms with Crippen molar-refractivity contribution in [1.82, 2.24) is 29.6 Å². The maximum atomic E-state index is 4.04. The molecule has 0 spiro atoms. The molecule has 0 radical (unpaired) electrons. The predicted octanol–water partition coefficient (Wildman–Crippen LogP) is 1.89. The third-order valence-corrected chi connectivity index (χ3v) is 3.46. The minimum Gasteiger partial charge on any atom is -0.353 e. The van der Waals surface area contributed by atoms with Crippen LogP contribution in [0.1, 0.15) is 5.82 Å². The molecule has 0 unspecified atom stereocenters. The van der Waals surface area contributed by atoms with Gasteiger partial charge in [-0.05, 0) is 28.6 Å². The van der Waals surface area contributed by atoms with E-state index in [-0.39, 0.29) is 0 Å². The lowest BCUT2D eigenvalue weighted by molar-refractivity contribution is 0.767. The van der Waals surface area contributed by atoms with Gasteiger partial charge in [-0.3, -0.25) is 0 Å². The van der Waals surface area contributed by atoms with Crippen LogP contribution in [-0.2, 0) is 6.54 Å². The molecule has 3 aromatic rings. The smallest absolute Gasteiger partial charge is 0.202 e. The molecule has 0 saturated heterocycles. The second-order valence-electron chi connectivity index (χ2n) is 3.59. The van der Waals surface area contributed by atoms with Gasteiger partial charge in [0.25, 0.3) is 0 Å². The number of tetrazole rings is 1. The van der Waals surface area contributed by atoms with Crippen LogP contribution in [0.5, 0.6) is 0 Å². The summed E-state index contributed by atoms with van der Waals surface area (Å²) in [4.78, 5) is 4.04. The van der Waals surface area contributed by atoms with Crippen LogP contribution in [0.4, 0.5) is 5.13 Å². The Kier molecular flexibility index (Phi) is 3.47. The molecule has 19 heavy (non-hydrogen) atoms. The lowest BCUT2D eigenvalue weighted by atomic mass is 10.3. The number of benzene rings is 1. The maximum absolute atomic E-state index is 4.04. The van der Waals surface area contributed by atoms with E-state index in [2.05, 4.69) is 46.1 Å². The molecule has 0 saturated carbocycles. The average Bonchev–Trinajstić information content (AvgIpc) is 3.08. The topological polar surface area (TPSA) is 81.4 Å². The van der Waals surface area contributed by atoms with Crippen molar-refractivity contribution in [3.63, 3.8) is 0 Å². The van der Waals surface area contributed by atoms with E-state index >= 15 is 0 Å². The highest BCUT2D eigenvalue weighted by atomic mass is 79.9. The number of anilines is 1. The first-order chi connectivity index (χ1) is 9.33. The van der Waals surface area contributed by atoms with E-state index in [0.29, 0.717) is 12.4 Å². The molecule has 9 heteroatoms. The maximum Gasteiger partial charge on any atom is 0.202 e. The molecule has 0 bridgehead atoms. The quantitative estimate of drug-likeness (QED) is 0.782. The Hall–Kier alpha value is -1.87. The first kappa shape index (κ1) is 12.2.